The first-order valence-electron chi connectivity index (χ1n) is 5.71. The lowest BCUT2D eigenvalue weighted by molar-refractivity contribution is -0.303. The maximum atomic E-state index is 5.93. The largest absolute Gasteiger partial charge is 0.353 e. The van der Waals surface area contributed by atoms with Crippen molar-refractivity contribution in [2.24, 2.45) is 5.41 Å². The number of ether oxygens (including phenoxy) is 2. The number of methoxy groups -OCH3 is 2. The Bertz CT molecular complexity index is 291. The SMILES string of the molecule is [B]C1([B])CC2(CC([B])([B])N1)CC(OC)(OC)C2. The van der Waals surface area contributed by atoms with Gasteiger partial charge in [0.1, 0.15) is 0 Å². The predicted molar refractivity (Wildman–Crippen MR) is 69.3 cm³/mol. The summed E-state index contributed by atoms with van der Waals surface area (Å²) in [5.74, 6) is -0.538. The monoisotopic (exact) mass is 225 g/mol. The van der Waals surface area contributed by atoms with Crippen LogP contribution in [0.5, 0.6) is 0 Å². The second-order valence-corrected chi connectivity index (χ2v) is 5.73. The van der Waals surface area contributed by atoms with Gasteiger partial charge < -0.3 is 14.8 Å². The third-order valence-electron chi connectivity index (χ3n) is 3.83. The van der Waals surface area contributed by atoms with Crippen LogP contribution in [-0.4, -0.2) is 62.1 Å². The molecule has 0 amide bonds. The molecular weight excluding hydrogens is 209 g/mol. The van der Waals surface area contributed by atoms with Crippen molar-refractivity contribution in [2.45, 2.75) is 42.1 Å². The highest BCUT2D eigenvalue weighted by molar-refractivity contribution is 6.44. The molecule has 84 valence electrons. The quantitative estimate of drug-likeness (QED) is 0.488. The lowest BCUT2D eigenvalue weighted by Gasteiger charge is -2.63. The van der Waals surface area contributed by atoms with E-state index in [-0.39, 0.29) is 5.41 Å². The van der Waals surface area contributed by atoms with Gasteiger partial charge in [-0.1, -0.05) is 10.7 Å². The molecule has 1 aliphatic carbocycles. The molecule has 1 N–H and O–H groups in total. The third-order valence-corrected chi connectivity index (χ3v) is 3.83. The van der Waals surface area contributed by atoms with Gasteiger partial charge in [0.2, 0.25) is 0 Å². The van der Waals surface area contributed by atoms with Crippen LogP contribution in [0.4, 0.5) is 0 Å². The summed E-state index contributed by atoms with van der Waals surface area (Å²) in [4.78, 5) is 0. The van der Waals surface area contributed by atoms with Gasteiger partial charge in [0.15, 0.2) is 5.79 Å². The van der Waals surface area contributed by atoms with Crippen molar-refractivity contribution in [3.05, 3.63) is 0 Å². The molecule has 2 rings (SSSR count). The van der Waals surface area contributed by atoms with E-state index < -0.39 is 16.5 Å². The summed E-state index contributed by atoms with van der Waals surface area (Å²) >= 11 is 0. The van der Waals surface area contributed by atoms with Crippen molar-refractivity contribution in [3.63, 3.8) is 0 Å². The van der Waals surface area contributed by atoms with E-state index in [0.29, 0.717) is 25.7 Å². The molecule has 1 saturated heterocycles. The first-order valence-corrected chi connectivity index (χ1v) is 5.71. The molecule has 0 aromatic rings. The van der Waals surface area contributed by atoms with Crippen LogP contribution in [0.1, 0.15) is 25.7 Å². The maximum absolute atomic E-state index is 5.93. The van der Waals surface area contributed by atoms with Crippen molar-refractivity contribution >= 4 is 31.4 Å². The molecule has 17 heavy (non-hydrogen) atoms. The summed E-state index contributed by atoms with van der Waals surface area (Å²) in [6, 6.07) is 0. The van der Waals surface area contributed by atoms with Gasteiger partial charge in [-0.2, -0.15) is 0 Å². The average molecular weight is 224 g/mol. The minimum Gasteiger partial charge on any atom is -0.353 e. The fourth-order valence-corrected chi connectivity index (χ4v) is 3.54. The zero-order chi connectivity index (χ0) is 12.9. The summed E-state index contributed by atoms with van der Waals surface area (Å²) in [6.07, 6.45) is 2.62. The summed E-state index contributed by atoms with van der Waals surface area (Å²) in [5.41, 5.74) is -0.107. The molecule has 1 saturated carbocycles. The Morgan fingerprint density at radius 2 is 1.24 bits per heavy atom. The molecule has 0 atom stereocenters. The first kappa shape index (κ1) is 13.6. The zero-order valence-corrected chi connectivity index (χ0v) is 10.5. The van der Waals surface area contributed by atoms with Crippen LogP contribution in [0.2, 0.25) is 0 Å². The summed E-state index contributed by atoms with van der Waals surface area (Å²) < 4.78 is 10.8. The van der Waals surface area contributed by atoms with Gasteiger partial charge in [0, 0.05) is 27.1 Å². The van der Waals surface area contributed by atoms with E-state index in [2.05, 4.69) is 5.32 Å². The van der Waals surface area contributed by atoms with Crippen LogP contribution >= 0.6 is 0 Å². The fourth-order valence-electron chi connectivity index (χ4n) is 3.54. The zero-order valence-electron chi connectivity index (χ0n) is 10.5. The Morgan fingerprint density at radius 1 is 0.824 bits per heavy atom. The molecule has 0 bridgehead atoms. The molecule has 1 spiro atoms. The van der Waals surface area contributed by atoms with E-state index in [1.54, 1.807) is 14.2 Å². The van der Waals surface area contributed by atoms with Crippen LogP contribution in [0.25, 0.3) is 0 Å². The van der Waals surface area contributed by atoms with Gasteiger partial charge in [0.25, 0.3) is 0 Å². The highest BCUT2D eigenvalue weighted by Gasteiger charge is 2.60. The van der Waals surface area contributed by atoms with E-state index in [1.165, 1.54) is 0 Å². The first-order chi connectivity index (χ1) is 7.66. The van der Waals surface area contributed by atoms with Crippen molar-refractivity contribution < 1.29 is 9.47 Å². The van der Waals surface area contributed by atoms with E-state index >= 15 is 0 Å². The molecule has 8 radical (unpaired) electrons. The molecule has 0 unspecified atom stereocenters. The lowest BCUT2D eigenvalue weighted by Crippen LogP contribution is -2.71. The van der Waals surface area contributed by atoms with Crippen molar-refractivity contribution in [3.8, 4) is 0 Å². The standard InChI is InChI=1S/C10H15B4NO2/c1-16-8(17-2)3-7(4-8)5-9(11,12)15-10(13,14)6-7/h15H,3-6H2,1-2H3. The predicted octanol–water partition coefficient (Wildman–Crippen LogP) is -0.879. The summed E-state index contributed by atoms with van der Waals surface area (Å²) in [5, 5.41) is 0.756. The van der Waals surface area contributed by atoms with Crippen LogP contribution < -0.4 is 5.32 Å². The number of hydrogen-bond acceptors (Lipinski definition) is 3. The number of hydrogen-bond donors (Lipinski definition) is 1. The minimum absolute atomic E-state index is 0.107. The molecule has 1 heterocycles. The van der Waals surface area contributed by atoms with Crippen LogP contribution in [0.3, 0.4) is 0 Å². The second-order valence-electron chi connectivity index (χ2n) is 5.73. The van der Waals surface area contributed by atoms with Crippen molar-refractivity contribution in [2.75, 3.05) is 14.2 Å². The van der Waals surface area contributed by atoms with Gasteiger partial charge in [-0.3, -0.25) is 0 Å². The Morgan fingerprint density at radius 3 is 1.59 bits per heavy atom. The number of piperidine rings is 1. The second kappa shape index (κ2) is 3.82. The summed E-state index contributed by atoms with van der Waals surface area (Å²) in [6.45, 7) is 0. The Labute approximate surface area is 108 Å². The Hall–Kier alpha value is 0.140. The molecule has 0 aromatic heterocycles. The molecule has 3 nitrogen and oxygen atoms in total. The molecule has 1 aliphatic heterocycles. The van der Waals surface area contributed by atoms with Crippen LogP contribution in [-0.2, 0) is 9.47 Å². The van der Waals surface area contributed by atoms with Crippen molar-refractivity contribution in [1.82, 2.24) is 5.32 Å². The topological polar surface area (TPSA) is 30.5 Å². The third kappa shape index (κ3) is 2.47. The van der Waals surface area contributed by atoms with Crippen molar-refractivity contribution in [1.29, 1.82) is 0 Å². The van der Waals surface area contributed by atoms with Crippen LogP contribution in [0.15, 0.2) is 0 Å². The molecule has 7 heteroatoms. The molecule has 2 fully saturated rings. The van der Waals surface area contributed by atoms with E-state index in [4.69, 9.17) is 40.9 Å². The number of rotatable bonds is 2. The van der Waals surface area contributed by atoms with Gasteiger partial charge in [-0.15, -0.1) is 0 Å². The van der Waals surface area contributed by atoms with E-state index in [9.17, 15) is 0 Å². The van der Waals surface area contributed by atoms with Gasteiger partial charge in [-0.25, -0.2) is 0 Å². The Balaban J connectivity index is 2.13. The minimum atomic E-state index is -1.05. The van der Waals surface area contributed by atoms with E-state index in [0.717, 1.165) is 0 Å². The Kier molecular flexibility index (Phi) is 3.05. The van der Waals surface area contributed by atoms with Gasteiger partial charge in [0.05, 0.1) is 31.4 Å². The average Bonchev–Trinajstić information content (AvgIpc) is 2.08. The van der Waals surface area contributed by atoms with Crippen LogP contribution in [0, 0.1) is 5.41 Å². The summed E-state index contributed by atoms with van der Waals surface area (Å²) in [7, 11) is 27.0. The lowest BCUT2D eigenvalue weighted by atomic mass is 9.39. The maximum Gasteiger partial charge on any atom is 0.168 e. The fraction of sp³-hybridized carbons (Fsp3) is 1.00. The molecular formula is C10H15B4NO2. The number of nitrogens with one attached hydrogen (secondary N) is 1. The highest BCUT2D eigenvalue weighted by atomic mass is 16.7. The smallest absolute Gasteiger partial charge is 0.168 e. The molecule has 0 aromatic carbocycles. The van der Waals surface area contributed by atoms with Gasteiger partial charge >= 0.3 is 0 Å². The molecule has 2 aliphatic rings. The van der Waals surface area contributed by atoms with E-state index in [1.807, 2.05) is 0 Å². The normalized spacial score (nSPS) is 31.9. The highest BCUT2D eigenvalue weighted by Crippen LogP contribution is 2.59. The van der Waals surface area contributed by atoms with Gasteiger partial charge in [-0.05, 0) is 18.3 Å².